The number of anilines is 1. The number of hydrogen-bond donors (Lipinski definition) is 4. The van der Waals surface area contributed by atoms with Crippen molar-refractivity contribution < 1.29 is 14.5 Å². The molecule has 1 aliphatic heterocycles. The predicted octanol–water partition coefficient (Wildman–Crippen LogP) is -0.111. The Labute approximate surface area is 120 Å². The van der Waals surface area contributed by atoms with Gasteiger partial charge < -0.3 is 16.1 Å². The summed E-state index contributed by atoms with van der Waals surface area (Å²) in [7, 11) is 0. The number of nitrogen functional groups attached to an aromatic ring is 1. The van der Waals surface area contributed by atoms with Crippen molar-refractivity contribution in [3.05, 3.63) is 33.9 Å². The smallest absolute Gasteiger partial charge is 0.306 e. The van der Waals surface area contributed by atoms with E-state index < -0.39 is 10.8 Å². The molecule has 9 heteroatoms. The second-order valence-electron chi connectivity index (χ2n) is 4.62. The van der Waals surface area contributed by atoms with Crippen LogP contribution in [0.4, 0.5) is 11.4 Å². The largest absolute Gasteiger partial charge is 0.352 e. The first-order chi connectivity index (χ1) is 10.0. The van der Waals surface area contributed by atoms with Crippen molar-refractivity contribution in [1.29, 1.82) is 0 Å². The zero-order valence-corrected chi connectivity index (χ0v) is 11.1. The van der Waals surface area contributed by atoms with E-state index in [0.717, 1.165) is 0 Å². The van der Waals surface area contributed by atoms with Gasteiger partial charge in [-0.25, -0.2) is 0 Å². The molecule has 5 N–H and O–H groups in total. The number of benzene rings is 1. The minimum absolute atomic E-state index is 0.0572. The number of carbonyl (C=O) groups is 2. The maximum Gasteiger partial charge on any atom is 0.306 e. The Kier molecular flexibility index (Phi) is 4.33. The van der Waals surface area contributed by atoms with Crippen molar-refractivity contribution in [2.75, 3.05) is 12.0 Å². The molecule has 2 rings (SSSR count). The number of amides is 2. The molecule has 1 heterocycles. The highest BCUT2D eigenvalue weighted by Gasteiger charge is 2.26. The number of hydrazine groups is 1. The van der Waals surface area contributed by atoms with Gasteiger partial charge in [0, 0.05) is 19.0 Å². The number of rotatable bonds is 5. The second kappa shape index (κ2) is 6.18. The maximum absolute atomic E-state index is 12.1. The molecule has 0 spiro atoms. The topological polar surface area (TPSA) is 139 Å². The van der Waals surface area contributed by atoms with Gasteiger partial charge >= 0.3 is 5.69 Å². The first-order valence-electron chi connectivity index (χ1n) is 6.34. The molecule has 0 aliphatic carbocycles. The Balaban J connectivity index is 2.11. The lowest BCUT2D eigenvalue weighted by Crippen LogP contribution is -2.38. The van der Waals surface area contributed by atoms with Crippen molar-refractivity contribution in [1.82, 2.24) is 10.6 Å². The van der Waals surface area contributed by atoms with E-state index in [9.17, 15) is 19.7 Å². The van der Waals surface area contributed by atoms with Gasteiger partial charge in [0.05, 0.1) is 4.92 Å². The van der Waals surface area contributed by atoms with Crippen LogP contribution in [0.2, 0.25) is 0 Å². The number of hydrogen-bond acceptors (Lipinski definition) is 6. The standard InChI is InChI=1S/C12H15N5O4/c13-16-9-3-1-2-8(11(9)17(20)21)12(19)14-6-7-4-5-10(18)15-7/h1-3,7,16H,4-6,13H2,(H,14,19)(H,15,18). The molecule has 9 nitrogen and oxygen atoms in total. The number of nitrogens with one attached hydrogen (secondary N) is 3. The molecule has 0 saturated carbocycles. The van der Waals surface area contributed by atoms with E-state index in [-0.39, 0.29) is 35.4 Å². The molecule has 21 heavy (non-hydrogen) atoms. The quantitative estimate of drug-likeness (QED) is 0.339. The molecule has 0 bridgehead atoms. The van der Waals surface area contributed by atoms with Gasteiger partial charge in [-0.1, -0.05) is 6.07 Å². The van der Waals surface area contributed by atoms with Crippen molar-refractivity contribution in [3.8, 4) is 0 Å². The molecule has 112 valence electrons. The van der Waals surface area contributed by atoms with Crippen LogP contribution in [0.3, 0.4) is 0 Å². The van der Waals surface area contributed by atoms with Crippen LogP contribution in [0.1, 0.15) is 23.2 Å². The van der Waals surface area contributed by atoms with Gasteiger partial charge in [0.25, 0.3) is 5.91 Å². The van der Waals surface area contributed by atoms with Crippen LogP contribution in [0.5, 0.6) is 0 Å². The summed E-state index contributed by atoms with van der Waals surface area (Å²) in [5.74, 6) is 4.57. The molecular formula is C12H15N5O4. The van der Waals surface area contributed by atoms with Crippen LogP contribution in [0, 0.1) is 10.1 Å². The van der Waals surface area contributed by atoms with Gasteiger partial charge in [-0.05, 0) is 18.6 Å². The lowest BCUT2D eigenvalue weighted by atomic mass is 10.1. The Morgan fingerprint density at radius 1 is 1.52 bits per heavy atom. The third kappa shape index (κ3) is 3.26. The minimum Gasteiger partial charge on any atom is -0.352 e. The fourth-order valence-corrected chi connectivity index (χ4v) is 2.18. The van der Waals surface area contributed by atoms with Crippen molar-refractivity contribution in [3.63, 3.8) is 0 Å². The zero-order valence-electron chi connectivity index (χ0n) is 11.1. The zero-order chi connectivity index (χ0) is 15.4. The Hall–Kier alpha value is -2.68. The summed E-state index contributed by atoms with van der Waals surface area (Å²) in [4.78, 5) is 33.6. The summed E-state index contributed by atoms with van der Waals surface area (Å²) in [6.45, 7) is 0.224. The molecule has 2 amide bonds. The highest BCUT2D eigenvalue weighted by atomic mass is 16.6. The number of nitrogens with two attached hydrogens (primary N) is 1. The SMILES string of the molecule is NNc1cccc(C(=O)NCC2CCC(=O)N2)c1[N+](=O)[O-]. The Morgan fingerprint density at radius 2 is 2.29 bits per heavy atom. The molecule has 0 aromatic heterocycles. The highest BCUT2D eigenvalue weighted by molar-refractivity contribution is 6.00. The highest BCUT2D eigenvalue weighted by Crippen LogP contribution is 2.27. The summed E-state index contributed by atoms with van der Waals surface area (Å²) in [5.41, 5.74) is 1.79. The number of nitro benzene ring substituents is 1. The molecule has 0 radical (unpaired) electrons. The molecule has 1 saturated heterocycles. The van der Waals surface area contributed by atoms with E-state index in [2.05, 4.69) is 16.1 Å². The van der Waals surface area contributed by atoms with Gasteiger partial charge in [0.2, 0.25) is 5.91 Å². The lowest BCUT2D eigenvalue weighted by molar-refractivity contribution is -0.384. The summed E-state index contributed by atoms with van der Waals surface area (Å²) in [6, 6.07) is 4.11. The molecular weight excluding hydrogens is 278 g/mol. The average Bonchev–Trinajstić information content (AvgIpc) is 2.89. The van der Waals surface area contributed by atoms with Crippen LogP contribution in [-0.4, -0.2) is 29.3 Å². The first-order valence-corrected chi connectivity index (χ1v) is 6.34. The van der Waals surface area contributed by atoms with Crippen LogP contribution in [-0.2, 0) is 4.79 Å². The molecule has 1 fully saturated rings. The summed E-state index contributed by atoms with van der Waals surface area (Å²) in [5, 5.41) is 16.4. The van der Waals surface area contributed by atoms with Gasteiger partial charge in [0.1, 0.15) is 11.3 Å². The van der Waals surface area contributed by atoms with Gasteiger partial charge in [-0.15, -0.1) is 0 Å². The van der Waals surface area contributed by atoms with E-state index >= 15 is 0 Å². The Bertz CT molecular complexity index is 589. The summed E-state index contributed by atoms with van der Waals surface area (Å²) >= 11 is 0. The van der Waals surface area contributed by atoms with E-state index in [4.69, 9.17) is 5.84 Å². The fourth-order valence-electron chi connectivity index (χ4n) is 2.18. The molecule has 1 unspecified atom stereocenters. The third-order valence-electron chi connectivity index (χ3n) is 3.21. The van der Waals surface area contributed by atoms with E-state index in [1.54, 1.807) is 0 Å². The van der Waals surface area contributed by atoms with E-state index in [1.165, 1.54) is 18.2 Å². The van der Waals surface area contributed by atoms with Crippen molar-refractivity contribution in [2.24, 2.45) is 5.84 Å². The summed E-state index contributed by atoms with van der Waals surface area (Å²) in [6.07, 6.45) is 1.05. The number of carbonyl (C=O) groups excluding carboxylic acids is 2. The van der Waals surface area contributed by atoms with Crippen LogP contribution in [0.15, 0.2) is 18.2 Å². The van der Waals surface area contributed by atoms with Crippen LogP contribution in [0.25, 0.3) is 0 Å². The van der Waals surface area contributed by atoms with Gasteiger partial charge in [-0.2, -0.15) is 0 Å². The van der Waals surface area contributed by atoms with Crippen LogP contribution >= 0.6 is 0 Å². The fraction of sp³-hybridized carbons (Fsp3) is 0.333. The molecule has 1 aromatic carbocycles. The normalized spacial score (nSPS) is 17.2. The number of nitro groups is 1. The summed E-state index contributed by atoms with van der Waals surface area (Å²) < 4.78 is 0. The lowest BCUT2D eigenvalue weighted by Gasteiger charge is -2.12. The molecule has 1 atom stereocenters. The third-order valence-corrected chi connectivity index (χ3v) is 3.21. The monoisotopic (exact) mass is 293 g/mol. The minimum atomic E-state index is -0.665. The van der Waals surface area contributed by atoms with Crippen LogP contribution < -0.4 is 21.9 Å². The number of para-hydroxylation sites is 1. The maximum atomic E-state index is 12.1. The first kappa shape index (κ1) is 14.7. The number of nitrogens with zero attached hydrogens (tertiary/aromatic N) is 1. The average molecular weight is 293 g/mol. The predicted molar refractivity (Wildman–Crippen MR) is 74.4 cm³/mol. The van der Waals surface area contributed by atoms with E-state index in [0.29, 0.717) is 12.8 Å². The van der Waals surface area contributed by atoms with E-state index in [1.807, 2.05) is 0 Å². The van der Waals surface area contributed by atoms with Gasteiger partial charge in [0.15, 0.2) is 0 Å². The van der Waals surface area contributed by atoms with Gasteiger partial charge in [-0.3, -0.25) is 25.5 Å². The van der Waals surface area contributed by atoms with Crippen molar-refractivity contribution in [2.45, 2.75) is 18.9 Å². The molecule has 1 aromatic rings. The molecule has 1 aliphatic rings. The second-order valence-corrected chi connectivity index (χ2v) is 4.62. The van der Waals surface area contributed by atoms with Crippen molar-refractivity contribution >= 4 is 23.2 Å². The Morgan fingerprint density at radius 3 is 2.86 bits per heavy atom.